The van der Waals surface area contributed by atoms with Gasteiger partial charge >= 0.3 is 0 Å². The molecular weight excluding hydrogens is 310 g/mol. The van der Waals surface area contributed by atoms with Crippen molar-refractivity contribution < 1.29 is 5.11 Å². The minimum Gasteiger partial charge on any atom is -0.504 e. The third kappa shape index (κ3) is 2.14. The molecule has 2 aromatic heterocycles. The molecule has 2 heterocycles. The van der Waals surface area contributed by atoms with Crippen molar-refractivity contribution in [3.63, 3.8) is 0 Å². The van der Waals surface area contributed by atoms with Gasteiger partial charge in [-0.3, -0.25) is 0 Å². The van der Waals surface area contributed by atoms with Gasteiger partial charge in [0.05, 0.1) is 16.9 Å². The molecule has 126 valence electrons. The Morgan fingerprint density at radius 1 is 1.16 bits per heavy atom. The number of aromatic amines is 2. The zero-order chi connectivity index (χ0) is 17.1. The Morgan fingerprint density at radius 2 is 1.96 bits per heavy atom. The lowest BCUT2D eigenvalue weighted by Gasteiger charge is -2.13. The summed E-state index contributed by atoms with van der Waals surface area (Å²) in [5, 5.41) is 16.5. The van der Waals surface area contributed by atoms with Crippen molar-refractivity contribution in [1.82, 2.24) is 9.97 Å². The first-order valence-corrected chi connectivity index (χ1v) is 8.81. The Hall–Kier alpha value is -2.88. The Bertz CT molecular complexity index is 1120. The molecule has 2 aromatic carbocycles. The van der Waals surface area contributed by atoms with Crippen LogP contribution in [0.15, 0.2) is 36.5 Å². The van der Waals surface area contributed by atoms with Crippen molar-refractivity contribution in [3.8, 4) is 17.0 Å². The third-order valence-corrected chi connectivity index (χ3v) is 5.30. The molecule has 0 unspecified atom stereocenters. The second kappa shape index (κ2) is 5.06. The molecule has 25 heavy (non-hydrogen) atoms. The Balaban J connectivity index is 1.82. The molecule has 1 aliphatic carbocycles. The van der Waals surface area contributed by atoms with Crippen LogP contribution in [-0.4, -0.2) is 21.1 Å². The predicted octanol–water partition coefficient (Wildman–Crippen LogP) is 5.21. The molecule has 1 aliphatic rings. The van der Waals surface area contributed by atoms with Crippen LogP contribution in [0.5, 0.6) is 5.75 Å². The molecule has 5 rings (SSSR count). The first-order valence-electron chi connectivity index (χ1n) is 8.81. The lowest BCUT2D eigenvalue weighted by Crippen LogP contribution is -2.02. The van der Waals surface area contributed by atoms with Crippen LogP contribution >= 0.6 is 0 Å². The molecule has 0 bridgehead atoms. The number of phenolic OH excluding ortho intramolecular Hbond substituents is 1. The van der Waals surface area contributed by atoms with E-state index in [1.807, 2.05) is 6.20 Å². The van der Waals surface area contributed by atoms with Gasteiger partial charge < -0.3 is 20.4 Å². The predicted molar refractivity (Wildman–Crippen MR) is 103 cm³/mol. The van der Waals surface area contributed by atoms with E-state index in [-0.39, 0.29) is 0 Å². The minimum absolute atomic E-state index is 0.313. The van der Waals surface area contributed by atoms with Crippen LogP contribution in [0.1, 0.15) is 24.0 Å². The summed E-state index contributed by atoms with van der Waals surface area (Å²) in [5.74, 6) is 0.313. The minimum atomic E-state index is 0.313. The van der Waals surface area contributed by atoms with Gasteiger partial charge in [-0.15, -0.1) is 0 Å². The summed E-state index contributed by atoms with van der Waals surface area (Å²) in [6.45, 7) is 4.23. The highest BCUT2D eigenvalue weighted by molar-refractivity contribution is 6.06. The molecule has 4 N–H and O–H groups in total. The summed E-state index contributed by atoms with van der Waals surface area (Å²) >= 11 is 0. The number of hydrogen-bond acceptors (Lipinski definition) is 2. The molecule has 0 saturated heterocycles. The second-order valence-electron chi connectivity index (χ2n) is 7.13. The van der Waals surface area contributed by atoms with Gasteiger partial charge in [-0.1, -0.05) is 18.2 Å². The lowest BCUT2D eigenvalue weighted by molar-refractivity contribution is 0.482. The molecule has 0 amide bonds. The zero-order valence-corrected chi connectivity index (χ0v) is 14.4. The van der Waals surface area contributed by atoms with Gasteiger partial charge in [-0.2, -0.15) is 0 Å². The van der Waals surface area contributed by atoms with Gasteiger partial charge in [-0.25, -0.2) is 0 Å². The maximum Gasteiger partial charge on any atom is 0.163 e. The SMILES string of the molecule is Cc1c(-c2cc(NC3CC3)c(O)c3[nH]cc(C)c23)[nH]c2ccccc12. The molecule has 4 nitrogen and oxygen atoms in total. The monoisotopic (exact) mass is 331 g/mol. The number of para-hydroxylation sites is 1. The molecule has 0 radical (unpaired) electrons. The fourth-order valence-corrected chi connectivity index (χ4v) is 3.78. The van der Waals surface area contributed by atoms with Crippen molar-refractivity contribution in [2.24, 2.45) is 0 Å². The number of aryl methyl sites for hydroxylation is 2. The Labute approximate surface area is 145 Å². The molecule has 4 aromatic rings. The van der Waals surface area contributed by atoms with Crippen molar-refractivity contribution in [3.05, 3.63) is 47.7 Å². The number of rotatable bonds is 3. The maximum atomic E-state index is 10.7. The summed E-state index contributed by atoms with van der Waals surface area (Å²) < 4.78 is 0. The van der Waals surface area contributed by atoms with E-state index < -0.39 is 0 Å². The molecule has 4 heteroatoms. The number of phenols is 1. The smallest absolute Gasteiger partial charge is 0.163 e. The van der Waals surface area contributed by atoms with Crippen LogP contribution in [0.4, 0.5) is 5.69 Å². The van der Waals surface area contributed by atoms with E-state index in [1.54, 1.807) is 0 Å². The van der Waals surface area contributed by atoms with Crippen LogP contribution in [0.3, 0.4) is 0 Å². The van der Waals surface area contributed by atoms with Gasteiger partial charge in [0.2, 0.25) is 0 Å². The van der Waals surface area contributed by atoms with Gasteiger partial charge in [0.15, 0.2) is 5.75 Å². The summed E-state index contributed by atoms with van der Waals surface area (Å²) in [7, 11) is 0. The molecular formula is C21H21N3O. The average molecular weight is 331 g/mol. The highest BCUT2D eigenvalue weighted by atomic mass is 16.3. The Morgan fingerprint density at radius 3 is 2.72 bits per heavy atom. The van der Waals surface area contributed by atoms with E-state index in [4.69, 9.17) is 0 Å². The van der Waals surface area contributed by atoms with Crippen LogP contribution in [0, 0.1) is 13.8 Å². The van der Waals surface area contributed by atoms with Crippen LogP contribution < -0.4 is 5.32 Å². The van der Waals surface area contributed by atoms with Crippen molar-refractivity contribution in [1.29, 1.82) is 0 Å². The molecule has 1 fully saturated rings. The summed E-state index contributed by atoms with van der Waals surface area (Å²) in [5.41, 5.74) is 7.37. The van der Waals surface area contributed by atoms with Crippen LogP contribution in [0.2, 0.25) is 0 Å². The van der Waals surface area contributed by atoms with E-state index >= 15 is 0 Å². The van der Waals surface area contributed by atoms with Crippen LogP contribution in [-0.2, 0) is 0 Å². The fraction of sp³-hybridized carbons (Fsp3) is 0.238. The molecule has 0 aliphatic heterocycles. The normalized spacial score (nSPS) is 14.5. The summed E-state index contributed by atoms with van der Waals surface area (Å²) in [4.78, 5) is 6.83. The number of H-pyrrole nitrogens is 2. The standard InChI is InChI=1S/C21H21N3O/c1-11-10-22-20-18(11)15(9-17(21(20)25)23-13-7-8-13)19-12(2)14-5-3-4-6-16(14)24-19/h3-6,9-10,13,22-25H,7-8H2,1-2H3. The van der Waals surface area contributed by atoms with Gasteiger partial charge in [-0.05, 0) is 49.9 Å². The van der Waals surface area contributed by atoms with E-state index in [2.05, 4.69) is 59.5 Å². The van der Waals surface area contributed by atoms with Crippen LogP contribution in [0.25, 0.3) is 33.1 Å². The van der Waals surface area contributed by atoms with E-state index in [1.165, 1.54) is 23.8 Å². The number of hydrogen-bond donors (Lipinski definition) is 4. The van der Waals surface area contributed by atoms with Gasteiger partial charge in [0.1, 0.15) is 0 Å². The summed E-state index contributed by atoms with van der Waals surface area (Å²) in [6.07, 6.45) is 4.30. The number of aromatic nitrogens is 2. The topological polar surface area (TPSA) is 63.8 Å². The van der Waals surface area contributed by atoms with E-state index in [0.29, 0.717) is 11.8 Å². The molecule has 0 atom stereocenters. The van der Waals surface area contributed by atoms with E-state index in [0.717, 1.165) is 38.9 Å². The zero-order valence-electron chi connectivity index (χ0n) is 14.4. The fourth-order valence-electron chi connectivity index (χ4n) is 3.78. The van der Waals surface area contributed by atoms with Gasteiger partial charge in [0.25, 0.3) is 0 Å². The Kier molecular flexibility index (Phi) is 2.93. The summed E-state index contributed by atoms with van der Waals surface area (Å²) in [6, 6.07) is 11.0. The first-order chi connectivity index (χ1) is 12.1. The number of aromatic hydroxyl groups is 1. The second-order valence-corrected chi connectivity index (χ2v) is 7.13. The van der Waals surface area contributed by atoms with Gasteiger partial charge in [0, 0.05) is 34.1 Å². The lowest BCUT2D eigenvalue weighted by atomic mass is 9.99. The molecule has 0 spiro atoms. The number of anilines is 1. The number of fused-ring (bicyclic) bond motifs is 2. The van der Waals surface area contributed by atoms with E-state index in [9.17, 15) is 5.11 Å². The quantitative estimate of drug-likeness (QED) is 0.389. The third-order valence-electron chi connectivity index (χ3n) is 5.30. The molecule has 1 saturated carbocycles. The number of benzene rings is 2. The maximum absolute atomic E-state index is 10.7. The highest BCUT2D eigenvalue weighted by Crippen LogP contribution is 2.43. The largest absolute Gasteiger partial charge is 0.504 e. The average Bonchev–Trinajstić information content (AvgIpc) is 3.26. The van der Waals surface area contributed by atoms with Crippen molar-refractivity contribution in [2.75, 3.05) is 5.32 Å². The van der Waals surface area contributed by atoms with Crippen molar-refractivity contribution in [2.45, 2.75) is 32.7 Å². The number of nitrogens with one attached hydrogen (secondary N) is 3. The highest BCUT2D eigenvalue weighted by Gasteiger charge is 2.25. The van der Waals surface area contributed by atoms with Crippen molar-refractivity contribution >= 4 is 27.5 Å². The first kappa shape index (κ1) is 14.5.